The smallest absolute Gasteiger partial charge is 0.0692 e. The topological polar surface area (TPSA) is 50.1 Å². The average molecular weight is 239 g/mol. The van der Waals surface area contributed by atoms with E-state index in [4.69, 9.17) is 0 Å². The Morgan fingerprint density at radius 1 is 1.41 bits per heavy atom. The molecule has 0 saturated carbocycles. The molecule has 98 valence electrons. The predicted octanol–water partition coefficient (Wildman–Crippen LogP) is 1.87. The van der Waals surface area contributed by atoms with Gasteiger partial charge in [0.05, 0.1) is 12.3 Å². The summed E-state index contributed by atoms with van der Waals surface area (Å²) in [5.74, 6) is 0.392. The summed E-state index contributed by atoms with van der Waals surface area (Å²) in [6.45, 7) is 6.99. The van der Waals surface area contributed by atoms with Gasteiger partial charge in [0.15, 0.2) is 0 Å². The summed E-state index contributed by atoms with van der Waals surface area (Å²) in [6, 6.07) is 0.229. The molecule has 1 aromatic heterocycles. The minimum atomic E-state index is -0.260. The zero-order valence-electron chi connectivity index (χ0n) is 11.3. The van der Waals surface area contributed by atoms with Gasteiger partial charge in [-0.1, -0.05) is 26.7 Å². The molecule has 4 nitrogen and oxygen atoms in total. The Kier molecular flexibility index (Phi) is 5.65. The van der Waals surface area contributed by atoms with Crippen LogP contribution < -0.4 is 5.32 Å². The van der Waals surface area contributed by atoms with E-state index >= 15 is 0 Å². The molecule has 0 amide bonds. The predicted molar refractivity (Wildman–Crippen MR) is 69.7 cm³/mol. The van der Waals surface area contributed by atoms with Gasteiger partial charge in [-0.15, -0.1) is 0 Å². The number of nitrogens with zero attached hydrogens (tertiary/aromatic N) is 2. The summed E-state index contributed by atoms with van der Waals surface area (Å²) >= 11 is 0. The van der Waals surface area contributed by atoms with Crippen LogP contribution in [0.4, 0.5) is 0 Å². The van der Waals surface area contributed by atoms with Crippen molar-refractivity contribution in [2.45, 2.75) is 45.8 Å². The fourth-order valence-corrected chi connectivity index (χ4v) is 2.08. The first-order valence-electron chi connectivity index (χ1n) is 6.48. The van der Waals surface area contributed by atoms with Crippen LogP contribution in [0.15, 0.2) is 12.4 Å². The number of aromatic nitrogens is 2. The van der Waals surface area contributed by atoms with Crippen molar-refractivity contribution >= 4 is 0 Å². The van der Waals surface area contributed by atoms with E-state index in [1.54, 1.807) is 4.68 Å². The first-order valence-corrected chi connectivity index (χ1v) is 6.48. The molecule has 0 aromatic carbocycles. The van der Waals surface area contributed by atoms with Crippen molar-refractivity contribution in [1.82, 2.24) is 15.1 Å². The molecule has 0 aliphatic carbocycles. The van der Waals surface area contributed by atoms with Gasteiger partial charge in [-0.3, -0.25) is 4.68 Å². The summed E-state index contributed by atoms with van der Waals surface area (Å²) in [5, 5.41) is 17.5. The van der Waals surface area contributed by atoms with Crippen LogP contribution in [0.2, 0.25) is 0 Å². The molecule has 0 saturated heterocycles. The number of nitrogens with one attached hydrogen (secondary N) is 1. The molecule has 1 heterocycles. The molecular weight excluding hydrogens is 214 g/mol. The molecule has 2 unspecified atom stereocenters. The molecule has 0 spiro atoms. The van der Waals surface area contributed by atoms with Crippen molar-refractivity contribution in [3.05, 3.63) is 18.0 Å². The van der Waals surface area contributed by atoms with Crippen molar-refractivity contribution in [2.24, 2.45) is 13.0 Å². The van der Waals surface area contributed by atoms with Crippen LogP contribution in [0.3, 0.4) is 0 Å². The lowest BCUT2D eigenvalue weighted by Crippen LogP contribution is -2.33. The Hall–Kier alpha value is -0.870. The SMILES string of the molecule is CCC(CC)C(O)CNC(C)c1cnn(C)c1. The number of rotatable bonds is 7. The summed E-state index contributed by atoms with van der Waals surface area (Å²) in [5.41, 5.74) is 1.16. The van der Waals surface area contributed by atoms with Gasteiger partial charge in [-0.25, -0.2) is 0 Å². The maximum atomic E-state index is 10.0. The third-order valence-corrected chi connectivity index (χ3v) is 3.45. The van der Waals surface area contributed by atoms with Gasteiger partial charge in [0, 0.05) is 31.4 Å². The highest BCUT2D eigenvalue weighted by atomic mass is 16.3. The molecule has 4 heteroatoms. The van der Waals surface area contributed by atoms with Gasteiger partial charge in [-0.2, -0.15) is 5.10 Å². The standard InChI is InChI=1S/C13H25N3O/c1-5-11(6-2)13(17)8-14-10(3)12-7-15-16(4)9-12/h7,9-11,13-14,17H,5-6,8H2,1-4H3. The number of aryl methyl sites for hydroxylation is 1. The van der Waals surface area contributed by atoms with Crippen molar-refractivity contribution in [1.29, 1.82) is 0 Å². The first kappa shape index (κ1) is 14.2. The molecule has 0 aliphatic heterocycles. The fraction of sp³-hybridized carbons (Fsp3) is 0.769. The second-order valence-electron chi connectivity index (χ2n) is 4.72. The normalized spacial score (nSPS) is 15.2. The van der Waals surface area contributed by atoms with Crippen molar-refractivity contribution in [3.63, 3.8) is 0 Å². The van der Waals surface area contributed by atoms with Gasteiger partial charge in [0.25, 0.3) is 0 Å². The van der Waals surface area contributed by atoms with E-state index in [-0.39, 0.29) is 12.1 Å². The van der Waals surface area contributed by atoms with Crippen molar-refractivity contribution in [2.75, 3.05) is 6.54 Å². The third-order valence-electron chi connectivity index (χ3n) is 3.45. The lowest BCUT2D eigenvalue weighted by atomic mass is 9.96. The number of hydrogen-bond acceptors (Lipinski definition) is 3. The van der Waals surface area contributed by atoms with Gasteiger partial charge in [0.1, 0.15) is 0 Å². The molecule has 2 atom stereocenters. The molecule has 0 aliphatic rings. The van der Waals surface area contributed by atoms with E-state index in [1.165, 1.54) is 0 Å². The lowest BCUT2D eigenvalue weighted by molar-refractivity contribution is 0.0989. The summed E-state index contributed by atoms with van der Waals surface area (Å²) in [6.07, 6.45) is 5.66. The van der Waals surface area contributed by atoms with E-state index in [0.29, 0.717) is 12.5 Å². The first-order chi connectivity index (χ1) is 8.08. The summed E-state index contributed by atoms with van der Waals surface area (Å²) in [7, 11) is 1.91. The second kappa shape index (κ2) is 6.77. The molecule has 1 rings (SSSR count). The van der Waals surface area contributed by atoms with Gasteiger partial charge < -0.3 is 10.4 Å². The minimum absolute atomic E-state index is 0.229. The third kappa shape index (κ3) is 4.13. The van der Waals surface area contributed by atoms with Crippen LogP contribution in [0, 0.1) is 5.92 Å². The average Bonchev–Trinajstić information content (AvgIpc) is 2.74. The maximum Gasteiger partial charge on any atom is 0.0692 e. The number of hydrogen-bond donors (Lipinski definition) is 2. The van der Waals surface area contributed by atoms with Crippen LogP contribution in [-0.4, -0.2) is 27.5 Å². The molecule has 2 N–H and O–H groups in total. The highest BCUT2D eigenvalue weighted by Gasteiger charge is 2.16. The number of aliphatic hydroxyl groups excluding tert-OH is 1. The Morgan fingerprint density at radius 3 is 2.53 bits per heavy atom. The molecule has 1 aromatic rings. The zero-order valence-corrected chi connectivity index (χ0v) is 11.3. The highest BCUT2D eigenvalue weighted by Crippen LogP contribution is 2.14. The highest BCUT2D eigenvalue weighted by molar-refractivity contribution is 5.08. The van der Waals surface area contributed by atoms with E-state index in [2.05, 4.69) is 31.2 Å². The Balaban J connectivity index is 2.40. The van der Waals surface area contributed by atoms with Crippen LogP contribution in [0.5, 0.6) is 0 Å². The summed E-state index contributed by atoms with van der Waals surface area (Å²) < 4.78 is 1.80. The van der Waals surface area contributed by atoms with E-state index in [1.807, 2.05) is 19.4 Å². The second-order valence-corrected chi connectivity index (χ2v) is 4.72. The van der Waals surface area contributed by atoms with E-state index in [9.17, 15) is 5.11 Å². The van der Waals surface area contributed by atoms with Crippen molar-refractivity contribution in [3.8, 4) is 0 Å². The van der Waals surface area contributed by atoms with Crippen LogP contribution in [0.25, 0.3) is 0 Å². The van der Waals surface area contributed by atoms with Gasteiger partial charge in [0.2, 0.25) is 0 Å². The molecular formula is C13H25N3O. The summed E-state index contributed by atoms with van der Waals surface area (Å²) in [4.78, 5) is 0. The Morgan fingerprint density at radius 2 is 2.06 bits per heavy atom. The fourth-order valence-electron chi connectivity index (χ4n) is 2.08. The molecule has 17 heavy (non-hydrogen) atoms. The quantitative estimate of drug-likeness (QED) is 0.763. The van der Waals surface area contributed by atoms with Gasteiger partial charge >= 0.3 is 0 Å². The Labute approximate surface area is 104 Å². The molecule has 0 radical (unpaired) electrons. The Bertz CT molecular complexity index is 320. The van der Waals surface area contributed by atoms with Crippen LogP contribution >= 0.6 is 0 Å². The zero-order chi connectivity index (χ0) is 12.8. The monoisotopic (exact) mass is 239 g/mol. The largest absolute Gasteiger partial charge is 0.392 e. The van der Waals surface area contributed by atoms with Gasteiger partial charge in [-0.05, 0) is 12.8 Å². The maximum absolute atomic E-state index is 10.0. The number of aliphatic hydroxyl groups is 1. The lowest BCUT2D eigenvalue weighted by Gasteiger charge is -2.22. The van der Waals surface area contributed by atoms with E-state index < -0.39 is 0 Å². The minimum Gasteiger partial charge on any atom is -0.392 e. The van der Waals surface area contributed by atoms with E-state index in [0.717, 1.165) is 18.4 Å². The van der Waals surface area contributed by atoms with Crippen LogP contribution in [0.1, 0.15) is 45.2 Å². The van der Waals surface area contributed by atoms with Crippen LogP contribution in [-0.2, 0) is 7.05 Å². The molecule has 0 fully saturated rings. The van der Waals surface area contributed by atoms with Crippen molar-refractivity contribution < 1.29 is 5.11 Å². The molecule has 0 bridgehead atoms.